The van der Waals surface area contributed by atoms with Crippen LogP contribution >= 0.6 is 0 Å². The van der Waals surface area contributed by atoms with Crippen LogP contribution < -0.4 is 5.69 Å². The zero-order valence-electron chi connectivity index (χ0n) is 13.8. The maximum atomic E-state index is 12.6. The third-order valence-corrected chi connectivity index (χ3v) is 5.56. The Morgan fingerprint density at radius 1 is 1.00 bits per heavy atom. The molecule has 0 amide bonds. The number of rotatable bonds is 5. The zero-order chi connectivity index (χ0) is 18.9. The van der Waals surface area contributed by atoms with E-state index < -0.39 is 20.6 Å². The van der Waals surface area contributed by atoms with Gasteiger partial charge in [-0.15, -0.1) is 0 Å². The molecule has 0 radical (unpaired) electrons. The van der Waals surface area contributed by atoms with Crippen LogP contribution in [0.4, 0.5) is 5.69 Å². The average molecular weight is 373 g/mol. The van der Waals surface area contributed by atoms with Crippen LogP contribution in [0.5, 0.6) is 0 Å². The van der Waals surface area contributed by atoms with Crippen LogP contribution in [0.2, 0.25) is 0 Å². The molecule has 0 aliphatic rings. The Balaban J connectivity index is 1.91. The molecule has 0 atom stereocenters. The molecular weight excluding hydrogens is 358 g/mol. The second-order valence-corrected chi connectivity index (χ2v) is 7.56. The number of nitro groups is 1. The van der Waals surface area contributed by atoms with Crippen molar-refractivity contribution < 1.29 is 13.3 Å². The van der Waals surface area contributed by atoms with Crippen molar-refractivity contribution in [1.82, 2.24) is 8.54 Å². The first kappa shape index (κ1) is 17.6. The molecule has 26 heavy (non-hydrogen) atoms. The van der Waals surface area contributed by atoms with Gasteiger partial charge in [-0.25, -0.2) is 13.2 Å². The van der Waals surface area contributed by atoms with Gasteiger partial charge in [-0.3, -0.25) is 14.7 Å². The van der Waals surface area contributed by atoms with Gasteiger partial charge in [-0.1, -0.05) is 29.8 Å². The first-order valence-electron chi connectivity index (χ1n) is 7.62. The SMILES string of the molecule is Cc1ccc(S(=O)(=O)n2ccn(Cc3ccc([N+](=O)[O-])cc3)c2=O)cc1. The van der Waals surface area contributed by atoms with Gasteiger partial charge >= 0.3 is 5.69 Å². The second-order valence-electron chi connectivity index (χ2n) is 5.75. The number of imidazole rings is 1. The third kappa shape index (κ3) is 3.29. The quantitative estimate of drug-likeness (QED) is 0.503. The summed E-state index contributed by atoms with van der Waals surface area (Å²) in [5.41, 5.74) is 0.791. The molecule has 1 heterocycles. The lowest BCUT2D eigenvalue weighted by Crippen LogP contribution is -2.29. The lowest BCUT2D eigenvalue weighted by atomic mass is 10.2. The first-order chi connectivity index (χ1) is 12.3. The van der Waals surface area contributed by atoms with Crippen molar-refractivity contribution in [2.75, 3.05) is 0 Å². The maximum Gasteiger partial charge on any atom is 0.342 e. The van der Waals surface area contributed by atoms with Crippen LogP contribution in [0.1, 0.15) is 11.1 Å². The molecule has 0 N–H and O–H groups in total. The van der Waals surface area contributed by atoms with Crippen LogP contribution in [-0.4, -0.2) is 21.9 Å². The van der Waals surface area contributed by atoms with E-state index in [0.29, 0.717) is 9.54 Å². The standard InChI is InChI=1S/C17H15N3O5S/c1-13-2-8-16(9-3-13)26(24,25)19-11-10-18(17(19)21)12-14-4-6-15(7-5-14)20(22)23/h2-11H,12H2,1H3. The summed E-state index contributed by atoms with van der Waals surface area (Å²) in [6.45, 7) is 1.94. The Labute approximate surface area is 149 Å². The fourth-order valence-electron chi connectivity index (χ4n) is 2.44. The van der Waals surface area contributed by atoms with Gasteiger partial charge in [0.15, 0.2) is 0 Å². The maximum absolute atomic E-state index is 12.6. The number of nitrogens with zero attached hydrogens (tertiary/aromatic N) is 3. The molecule has 0 aliphatic heterocycles. The van der Waals surface area contributed by atoms with E-state index in [1.54, 1.807) is 12.1 Å². The molecule has 0 spiro atoms. The summed E-state index contributed by atoms with van der Waals surface area (Å²) >= 11 is 0. The van der Waals surface area contributed by atoms with Gasteiger partial charge in [0.05, 0.1) is 16.4 Å². The summed E-state index contributed by atoms with van der Waals surface area (Å²) in [5.74, 6) is 0. The van der Waals surface area contributed by atoms with Crippen molar-refractivity contribution in [3.05, 3.63) is 92.7 Å². The molecule has 0 bridgehead atoms. The normalized spacial score (nSPS) is 11.4. The Bertz CT molecular complexity index is 1110. The van der Waals surface area contributed by atoms with Gasteiger partial charge < -0.3 is 0 Å². The van der Waals surface area contributed by atoms with E-state index in [-0.39, 0.29) is 17.1 Å². The number of aromatic nitrogens is 2. The molecule has 0 aliphatic carbocycles. The molecule has 1 aromatic heterocycles. The van der Waals surface area contributed by atoms with Gasteiger partial charge in [0, 0.05) is 24.5 Å². The highest BCUT2D eigenvalue weighted by Gasteiger charge is 2.20. The van der Waals surface area contributed by atoms with Crippen LogP contribution in [0.15, 0.2) is 70.6 Å². The Hall–Kier alpha value is -3.20. The molecule has 3 aromatic rings. The van der Waals surface area contributed by atoms with E-state index >= 15 is 0 Å². The molecule has 2 aromatic carbocycles. The highest BCUT2D eigenvalue weighted by molar-refractivity contribution is 7.90. The average Bonchev–Trinajstić information content (AvgIpc) is 2.97. The fourth-order valence-corrected chi connectivity index (χ4v) is 3.67. The van der Waals surface area contributed by atoms with Crippen LogP contribution in [-0.2, 0) is 16.6 Å². The smallest absolute Gasteiger partial charge is 0.294 e. The van der Waals surface area contributed by atoms with E-state index in [2.05, 4.69) is 0 Å². The topological polar surface area (TPSA) is 104 Å². The summed E-state index contributed by atoms with van der Waals surface area (Å²) in [4.78, 5) is 22.7. The molecule has 0 saturated carbocycles. The van der Waals surface area contributed by atoms with Crippen LogP contribution in [0, 0.1) is 17.0 Å². The summed E-state index contributed by atoms with van der Waals surface area (Å²) in [6.07, 6.45) is 2.57. The zero-order valence-corrected chi connectivity index (χ0v) is 14.6. The molecule has 8 nitrogen and oxygen atoms in total. The highest BCUT2D eigenvalue weighted by atomic mass is 32.2. The fraction of sp³-hybridized carbons (Fsp3) is 0.118. The van der Waals surface area contributed by atoms with Gasteiger partial charge in [-0.05, 0) is 24.6 Å². The first-order valence-corrected chi connectivity index (χ1v) is 9.06. The molecule has 134 valence electrons. The molecule has 9 heteroatoms. The minimum absolute atomic E-state index is 0.0262. The van der Waals surface area contributed by atoms with Crippen molar-refractivity contribution in [2.45, 2.75) is 18.4 Å². The Morgan fingerprint density at radius 2 is 1.62 bits per heavy atom. The molecule has 0 unspecified atom stereocenters. The number of aryl methyl sites for hydroxylation is 1. The summed E-state index contributed by atoms with van der Waals surface area (Å²) in [7, 11) is -3.98. The van der Waals surface area contributed by atoms with Gasteiger partial charge in [0.1, 0.15) is 0 Å². The van der Waals surface area contributed by atoms with Crippen LogP contribution in [0.25, 0.3) is 0 Å². The number of benzene rings is 2. The van der Waals surface area contributed by atoms with E-state index in [4.69, 9.17) is 0 Å². The van der Waals surface area contributed by atoms with Crippen LogP contribution in [0.3, 0.4) is 0 Å². The van der Waals surface area contributed by atoms with Gasteiger partial charge in [0.25, 0.3) is 15.7 Å². The number of hydrogen-bond acceptors (Lipinski definition) is 5. The predicted molar refractivity (Wildman–Crippen MR) is 94.7 cm³/mol. The lowest BCUT2D eigenvalue weighted by Gasteiger charge is -2.05. The molecule has 0 fully saturated rings. The largest absolute Gasteiger partial charge is 0.342 e. The number of hydrogen-bond donors (Lipinski definition) is 0. The summed E-state index contributed by atoms with van der Waals surface area (Å²) in [6, 6.07) is 11.9. The number of non-ortho nitro benzene ring substituents is 1. The minimum Gasteiger partial charge on any atom is -0.294 e. The van der Waals surface area contributed by atoms with Crippen molar-refractivity contribution in [3.63, 3.8) is 0 Å². The Kier molecular flexibility index (Phi) is 4.47. The van der Waals surface area contributed by atoms with E-state index in [9.17, 15) is 23.3 Å². The van der Waals surface area contributed by atoms with Gasteiger partial charge in [0.2, 0.25) is 0 Å². The third-order valence-electron chi connectivity index (χ3n) is 3.89. The van der Waals surface area contributed by atoms with E-state index in [0.717, 1.165) is 5.56 Å². The Morgan fingerprint density at radius 3 is 2.19 bits per heavy atom. The molecular formula is C17H15N3O5S. The second kappa shape index (κ2) is 6.60. The van der Waals surface area contributed by atoms with E-state index in [1.165, 1.54) is 53.4 Å². The van der Waals surface area contributed by atoms with E-state index in [1.807, 2.05) is 6.92 Å². The van der Waals surface area contributed by atoms with Crippen molar-refractivity contribution in [1.29, 1.82) is 0 Å². The van der Waals surface area contributed by atoms with Gasteiger partial charge in [-0.2, -0.15) is 3.97 Å². The van der Waals surface area contributed by atoms with Crippen molar-refractivity contribution in [2.24, 2.45) is 0 Å². The van der Waals surface area contributed by atoms with Crippen molar-refractivity contribution >= 4 is 15.7 Å². The summed E-state index contributed by atoms with van der Waals surface area (Å²) in [5, 5.41) is 10.7. The lowest BCUT2D eigenvalue weighted by molar-refractivity contribution is -0.384. The highest BCUT2D eigenvalue weighted by Crippen LogP contribution is 2.14. The summed E-state index contributed by atoms with van der Waals surface area (Å²) < 4.78 is 27.2. The predicted octanol–water partition coefficient (Wildman–Crippen LogP) is 2.15. The van der Waals surface area contributed by atoms with Crippen molar-refractivity contribution in [3.8, 4) is 0 Å². The molecule has 3 rings (SSSR count). The monoisotopic (exact) mass is 373 g/mol. The molecule has 0 saturated heterocycles. The minimum atomic E-state index is -3.98. The number of nitro benzene ring substituents is 1.